The molecule has 0 radical (unpaired) electrons. The second-order valence-corrected chi connectivity index (χ2v) is 8.79. The molecule has 0 unspecified atom stereocenters. The molecule has 3 rings (SSSR count). The summed E-state index contributed by atoms with van der Waals surface area (Å²) in [5.74, 6) is -0.630. The molecule has 1 atom stereocenters. The van der Waals surface area contributed by atoms with Gasteiger partial charge in [0.2, 0.25) is 0 Å². The molecule has 25 heavy (non-hydrogen) atoms. The van der Waals surface area contributed by atoms with E-state index in [1.165, 1.54) is 12.1 Å². The molecule has 0 N–H and O–H groups in total. The molecule has 0 saturated carbocycles. The molecule has 0 bridgehead atoms. The van der Waals surface area contributed by atoms with E-state index < -0.39 is 15.9 Å². The van der Waals surface area contributed by atoms with Crippen molar-refractivity contribution >= 4 is 27.3 Å². The van der Waals surface area contributed by atoms with Gasteiger partial charge in [-0.15, -0.1) is 0 Å². The van der Waals surface area contributed by atoms with Crippen molar-refractivity contribution < 1.29 is 17.6 Å². The Labute approximate surface area is 151 Å². The van der Waals surface area contributed by atoms with Crippen LogP contribution in [0.2, 0.25) is 5.02 Å². The van der Waals surface area contributed by atoms with E-state index in [1.807, 2.05) is 0 Å². The highest BCUT2D eigenvalue weighted by Gasteiger charge is 2.35. The average Bonchev–Trinajstić information content (AvgIpc) is 2.93. The lowest BCUT2D eigenvalue weighted by atomic mass is 10.1. The zero-order valence-corrected chi connectivity index (χ0v) is 14.9. The van der Waals surface area contributed by atoms with Gasteiger partial charge >= 0.3 is 0 Å². The molecule has 0 aliphatic carbocycles. The van der Waals surface area contributed by atoms with E-state index in [4.69, 9.17) is 11.6 Å². The van der Waals surface area contributed by atoms with Crippen molar-refractivity contribution in [2.75, 3.05) is 11.5 Å². The third-order valence-corrected chi connectivity index (χ3v) is 6.23. The summed E-state index contributed by atoms with van der Waals surface area (Å²) in [6, 6.07) is 12.0. The SMILES string of the molecule is O=C(c1cccc(Cl)c1)N(Cc1ccc(F)cc1)[C@@H]1CCS(=O)(=O)C1. The topological polar surface area (TPSA) is 54.5 Å². The molecule has 1 aliphatic heterocycles. The summed E-state index contributed by atoms with van der Waals surface area (Å²) in [6.07, 6.45) is 0.399. The van der Waals surface area contributed by atoms with Crippen LogP contribution < -0.4 is 0 Å². The van der Waals surface area contributed by atoms with Crippen molar-refractivity contribution in [2.24, 2.45) is 0 Å². The lowest BCUT2D eigenvalue weighted by Gasteiger charge is -2.28. The van der Waals surface area contributed by atoms with Gasteiger partial charge in [0.15, 0.2) is 9.84 Å². The molecule has 1 saturated heterocycles. The first-order valence-electron chi connectivity index (χ1n) is 7.85. The normalized spacial score (nSPS) is 18.9. The standard InChI is InChI=1S/C18H17ClFNO3S/c19-15-3-1-2-14(10-15)18(22)21(17-8-9-25(23,24)12-17)11-13-4-6-16(20)7-5-13/h1-7,10,17H,8-9,11-12H2/t17-/m1/s1. The first kappa shape index (κ1) is 17.9. The van der Waals surface area contributed by atoms with Gasteiger partial charge in [-0.25, -0.2) is 12.8 Å². The van der Waals surface area contributed by atoms with Gasteiger partial charge in [0.25, 0.3) is 5.91 Å². The van der Waals surface area contributed by atoms with Gasteiger partial charge in [-0.2, -0.15) is 0 Å². The third-order valence-electron chi connectivity index (χ3n) is 4.25. The van der Waals surface area contributed by atoms with Gasteiger partial charge in [-0.1, -0.05) is 29.8 Å². The van der Waals surface area contributed by atoms with E-state index in [0.717, 1.165) is 5.56 Å². The minimum Gasteiger partial charge on any atom is -0.330 e. The summed E-state index contributed by atoms with van der Waals surface area (Å²) in [5.41, 5.74) is 1.14. The first-order valence-corrected chi connectivity index (χ1v) is 10.1. The second-order valence-electron chi connectivity index (χ2n) is 6.13. The first-order chi connectivity index (χ1) is 11.8. The predicted molar refractivity (Wildman–Crippen MR) is 94.8 cm³/mol. The van der Waals surface area contributed by atoms with Gasteiger partial charge in [0.05, 0.1) is 11.5 Å². The highest BCUT2D eigenvalue weighted by Crippen LogP contribution is 2.23. The van der Waals surface area contributed by atoms with Crippen LogP contribution in [-0.2, 0) is 16.4 Å². The molecule has 0 spiro atoms. The van der Waals surface area contributed by atoms with Gasteiger partial charge in [-0.3, -0.25) is 4.79 Å². The van der Waals surface area contributed by atoms with Crippen molar-refractivity contribution in [1.82, 2.24) is 4.90 Å². The minimum atomic E-state index is -3.14. The van der Waals surface area contributed by atoms with Crippen LogP contribution in [0.5, 0.6) is 0 Å². The summed E-state index contributed by atoms with van der Waals surface area (Å²) in [6.45, 7) is 0.214. The molecule has 2 aromatic carbocycles. The van der Waals surface area contributed by atoms with E-state index in [9.17, 15) is 17.6 Å². The highest BCUT2D eigenvalue weighted by atomic mass is 35.5. The predicted octanol–water partition coefficient (Wildman–Crippen LogP) is 3.31. The Hall–Kier alpha value is -1.92. The largest absolute Gasteiger partial charge is 0.330 e. The quantitative estimate of drug-likeness (QED) is 0.816. The number of benzene rings is 2. The van der Waals surface area contributed by atoms with Crippen LogP contribution >= 0.6 is 11.6 Å². The van der Waals surface area contributed by atoms with E-state index in [1.54, 1.807) is 41.3 Å². The smallest absolute Gasteiger partial charge is 0.254 e. The molecule has 132 valence electrons. The van der Waals surface area contributed by atoms with E-state index in [-0.39, 0.29) is 29.8 Å². The van der Waals surface area contributed by atoms with Crippen LogP contribution in [-0.4, -0.2) is 36.8 Å². The fraction of sp³-hybridized carbons (Fsp3) is 0.278. The van der Waals surface area contributed by atoms with Gasteiger partial charge in [0, 0.05) is 23.2 Å². The molecule has 1 heterocycles. The molecule has 7 heteroatoms. The second kappa shape index (κ2) is 7.14. The number of rotatable bonds is 4. The van der Waals surface area contributed by atoms with E-state index in [2.05, 4.69) is 0 Å². The van der Waals surface area contributed by atoms with Crippen LogP contribution in [0.3, 0.4) is 0 Å². The van der Waals surface area contributed by atoms with Crippen LogP contribution in [0.15, 0.2) is 48.5 Å². The minimum absolute atomic E-state index is 0.0551. The molecular formula is C18H17ClFNO3S. The fourth-order valence-electron chi connectivity index (χ4n) is 2.96. The van der Waals surface area contributed by atoms with Crippen molar-refractivity contribution in [3.63, 3.8) is 0 Å². The Balaban J connectivity index is 1.91. The van der Waals surface area contributed by atoms with Crippen molar-refractivity contribution in [3.05, 3.63) is 70.5 Å². The number of carbonyl (C=O) groups is 1. The van der Waals surface area contributed by atoms with E-state index in [0.29, 0.717) is 17.0 Å². The molecular weight excluding hydrogens is 365 g/mol. The van der Waals surface area contributed by atoms with Crippen LogP contribution in [0.25, 0.3) is 0 Å². The van der Waals surface area contributed by atoms with Crippen molar-refractivity contribution in [1.29, 1.82) is 0 Å². The summed E-state index contributed by atoms with van der Waals surface area (Å²) in [5, 5.41) is 0.437. The Morgan fingerprint density at radius 1 is 1.20 bits per heavy atom. The Morgan fingerprint density at radius 2 is 1.92 bits per heavy atom. The van der Waals surface area contributed by atoms with Crippen molar-refractivity contribution in [2.45, 2.75) is 19.0 Å². The zero-order chi connectivity index (χ0) is 18.0. The van der Waals surface area contributed by atoms with Gasteiger partial charge < -0.3 is 4.90 Å². The summed E-state index contributed by atoms with van der Waals surface area (Å²) in [4.78, 5) is 14.5. The number of hydrogen-bond acceptors (Lipinski definition) is 3. The van der Waals surface area contributed by atoms with Crippen LogP contribution in [0.4, 0.5) is 4.39 Å². The lowest BCUT2D eigenvalue weighted by molar-refractivity contribution is 0.0681. The maximum Gasteiger partial charge on any atom is 0.254 e. The summed E-state index contributed by atoms with van der Waals surface area (Å²) < 4.78 is 36.8. The number of sulfone groups is 1. The fourth-order valence-corrected chi connectivity index (χ4v) is 4.88. The average molecular weight is 382 g/mol. The Bertz CT molecular complexity index is 883. The monoisotopic (exact) mass is 381 g/mol. The zero-order valence-electron chi connectivity index (χ0n) is 13.4. The summed E-state index contributed by atoms with van der Waals surface area (Å²) in [7, 11) is -3.14. The molecule has 1 amide bonds. The van der Waals surface area contributed by atoms with Crippen LogP contribution in [0, 0.1) is 5.82 Å². The third kappa shape index (κ3) is 4.38. The summed E-state index contributed by atoms with van der Waals surface area (Å²) >= 11 is 5.97. The molecule has 1 fully saturated rings. The Kier molecular flexibility index (Phi) is 5.11. The molecule has 0 aromatic heterocycles. The Morgan fingerprint density at radius 3 is 2.52 bits per heavy atom. The van der Waals surface area contributed by atoms with Crippen molar-refractivity contribution in [3.8, 4) is 0 Å². The highest BCUT2D eigenvalue weighted by molar-refractivity contribution is 7.91. The lowest BCUT2D eigenvalue weighted by Crippen LogP contribution is -2.40. The maximum atomic E-state index is 13.1. The van der Waals surface area contributed by atoms with E-state index >= 15 is 0 Å². The molecule has 2 aromatic rings. The number of nitrogens with zero attached hydrogens (tertiary/aromatic N) is 1. The molecule has 4 nitrogen and oxygen atoms in total. The number of halogens is 2. The van der Waals surface area contributed by atoms with Gasteiger partial charge in [0.1, 0.15) is 5.82 Å². The van der Waals surface area contributed by atoms with Gasteiger partial charge in [-0.05, 0) is 42.3 Å². The molecule has 1 aliphatic rings. The maximum absolute atomic E-state index is 13.1. The number of hydrogen-bond donors (Lipinski definition) is 0. The van der Waals surface area contributed by atoms with Crippen LogP contribution in [0.1, 0.15) is 22.3 Å². The number of carbonyl (C=O) groups excluding carboxylic acids is 1. The number of amides is 1.